The van der Waals surface area contributed by atoms with Gasteiger partial charge in [-0.1, -0.05) is 60.4 Å². The van der Waals surface area contributed by atoms with Crippen LogP contribution in [-0.4, -0.2) is 29.3 Å². The molecule has 1 heterocycles. The summed E-state index contributed by atoms with van der Waals surface area (Å²) in [6.07, 6.45) is 11.9. The molecule has 0 radical (unpaired) electrons. The van der Waals surface area contributed by atoms with E-state index in [1.54, 1.807) is 24.3 Å². The number of aromatic nitrogens is 2. The minimum absolute atomic E-state index is 0.214. The molecule has 0 aliphatic rings. The SMILES string of the molecule is C/C(=C\C=C(/C)c1ccc2ncnc(Nc3ccc(OCc4cccc(F)c4)c(Cl)c3)c2c1)CNCCCCCCC=O. The Labute approximate surface area is 258 Å². The van der Waals surface area contributed by atoms with Crippen molar-refractivity contribution in [3.8, 4) is 5.75 Å². The summed E-state index contributed by atoms with van der Waals surface area (Å²) in [5.74, 6) is 0.880. The number of hydrogen-bond acceptors (Lipinski definition) is 6. The number of nitrogens with one attached hydrogen (secondary N) is 2. The lowest BCUT2D eigenvalue weighted by Gasteiger charge is -2.12. The third kappa shape index (κ3) is 10.0. The summed E-state index contributed by atoms with van der Waals surface area (Å²) in [4.78, 5) is 19.3. The summed E-state index contributed by atoms with van der Waals surface area (Å²) >= 11 is 6.51. The number of carbonyl (C=O) groups excluding carboxylic acids is 1. The third-order valence-corrected chi connectivity index (χ3v) is 7.31. The molecule has 6 nitrogen and oxygen atoms in total. The lowest BCUT2D eigenvalue weighted by atomic mass is 10.0. The lowest BCUT2D eigenvalue weighted by molar-refractivity contribution is -0.107. The maximum absolute atomic E-state index is 13.5. The zero-order valence-corrected chi connectivity index (χ0v) is 25.5. The number of aldehydes is 1. The number of halogens is 2. The Hall–Kier alpha value is -4.07. The van der Waals surface area contributed by atoms with Gasteiger partial charge in [0.15, 0.2) is 0 Å². The number of rotatable bonds is 16. The molecular formula is C35H38ClFN4O2. The van der Waals surface area contributed by atoms with E-state index >= 15 is 0 Å². The van der Waals surface area contributed by atoms with Crippen LogP contribution in [0.4, 0.5) is 15.9 Å². The van der Waals surface area contributed by atoms with Gasteiger partial charge in [-0.3, -0.25) is 0 Å². The molecule has 0 aliphatic carbocycles. The van der Waals surface area contributed by atoms with Crippen LogP contribution in [0.25, 0.3) is 16.5 Å². The molecule has 0 unspecified atom stereocenters. The second kappa shape index (κ2) is 16.5. The Balaban J connectivity index is 1.38. The molecule has 4 rings (SSSR count). The zero-order chi connectivity index (χ0) is 30.4. The summed E-state index contributed by atoms with van der Waals surface area (Å²) in [5, 5.41) is 8.19. The van der Waals surface area contributed by atoms with E-state index < -0.39 is 0 Å². The van der Waals surface area contributed by atoms with Gasteiger partial charge >= 0.3 is 0 Å². The van der Waals surface area contributed by atoms with E-state index in [4.69, 9.17) is 16.3 Å². The molecule has 0 saturated heterocycles. The van der Waals surface area contributed by atoms with Gasteiger partial charge in [0.1, 0.15) is 36.6 Å². The molecule has 0 bridgehead atoms. The van der Waals surface area contributed by atoms with Crippen molar-refractivity contribution >= 4 is 45.9 Å². The first-order valence-electron chi connectivity index (χ1n) is 14.6. The van der Waals surface area contributed by atoms with Crippen LogP contribution in [0.15, 0.2) is 84.7 Å². The molecule has 0 fully saturated rings. The summed E-state index contributed by atoms with van der Waals surface area (Å²) in [5.41, 5.74) is 5.78. The van der Waals surface area contributed by atoms with Crippen molar-refractivity contribution in [1.82, 2.24) is 15.3 Å². The Bertz CT molecular complexity index is 1590. The van der Waals surface area contributed by atoms with E-state index in [9.17, 15) is 9.18 Å². The average Bonchev–Trinajstić information content (AvgIpc) is 3.01. The van der Waals surface area contributed by atoms with Gasteiger partial charge < -0.3 is 20.2 Å². The number of nitrogens with zero attached hydrogens (tertiary/aromatic N) is 2. The van der Waals surface area contributed by atoms with Crippen molar-refractivity contribution in [2.24, 2.45) is 0 Å². The highest BCUT2D eigenvalue weighted by Crippen LogP contribution is 2.32. The molecule has 8 heteroatoms. The van der Waals surface area contributed by atoms with E-state index in [1.165, 1.54) is 24.0 Å². The van der Waals surface area contributed by atoms with Gasteiger partial charge in [0.25, 0.3) is 0 Å². The largest absolute Gasteiger partial charge is 0.487 e. The van der Waals surface area contributed by atoms with Gasteiger partial charge in [0.05, 0.1) is 10.5 Å². The highest BCUT2D eigenvalue weighted by Gasteiger charge is 2.09. The van der Waals surface area contributed by atoms with Crippen molar-refractivity contribution in [1.29, 1.82) is 0 Å². The van der Waals surface area contributed by atoms with Crippen LogP contribution in [-0.2, 0) is 11.4 Å². The molecule has 224 valence electrons. The standard InChI is InChI=1S/C35H38ClFN4O2/c1-25(22-38-17-6-4-3-5-7-18-42)11-12-26(2)28-13-15-33-31(20-28)35(40-24-39-33)41-30-14-16-34(32(36)21-30)43-23-27-9-8-10-29(37)19-27/h8-16,18-21,24,38H,3-7,17,22-23H2,1-2H3,(H,39,40,41)/b25-11+,26-12+. The molecule has 0 atom stereocenters. The number of unbranched alkanes of at least 4 members (excludes halogenated alkanes) is 4. The van der Waals surface area contributed by atoms with Crippen LogP contribution >= 0.6 is 11.6 Å². The fourth-order valence-corrected chi connectivity index (χ4v) is 4.80. The topological polar surface area (TPSA) is 76.1 Å². The molecule has 3 aromatic carbocycles. The molecule has 4 aromatic rings. The number of anilines is 2. The zero-order valence-electron chi connectivity index (χ0n) is 24.7. The Morgan fingerprint density at radius 1 is 0.977 bits per heavy atom. The van der Waals surface area contributed by atoms with E-state index in [0.717, 1.165) is 78.3 Å². The fraction of sp³-hybridized carbons (Fsp3) is 0.286. The van der Waals surface area contributed by atoms with Crippen molar-refractivity contribution in [3.63, 3.8) is 0 Å². The highest BCUT2D eigenvalue weighted by atomic mass is 35.5. The summed E-state index contributed by atoms with van der Waals surface area (Å²) in [6.45, 7) is 6.25. The third-order valence-electron chi connectivity index (χ3n) is 7.02. The van der Waals surface area contributed by atoms with Crippen LogP contribution in [0, 0.1) is 5.82 Å². The predicted octanol–water partition coefficient (Wildman–Crippen LogP) is 8.83. The molecule has 0 aliphatic heterocycles. The number of hydrogen-bond donors (Lipinski definition) is 2. The lowest BCUT2D eigenvalue weighted by Crippen LogP contribution is -2.17. The van der Waals surface area contributed by atoms with Crippen molar-refractivity contribution < 1.29 is 13.9 Å². The van der Waals surface area contributed by atoms with Crippen LogP contribution in [0.5, 0.6) is 5.75 Å². The van der Waals surface area contributed by atoms with Gasteiger partial charge in [0.2, 0.25) is 0 Å². The average molecular weight is 601 g/mol. The predicted molar refractivity (Wildman–Crippen MR) is 174 cm³/mol. The van der Waals surface area contributed by atoms with Gasteiger partial charge in [-0.25, -0.2) is 14.4 Å². The molecule has 0 spiro atoms. The smallest absolute Gasteiger partial charge is 0.141 e. The van der Waals surface area contributed by atoms with E-state index in [0.29, 0.717) is 23.0 Å². The first kappa shape index (κ1) is 31.9. The Morgan fingerprint density at radius 3 is 2.65 bits per heavy atom. The Kier molecular flexibility index (Phi) is 12.3. The normalized spacial score (nSPS) is 12.0. The monoisotopic (exact) mass is 600 g/mol. The van der Waals surface area contributed by atoms with Crippen molar-refractivity contribution in [2.45, 2.75) is 52.6 Å². The Morgan fingerprint density at radius 2 is 1.84 bits per heavy atom. The molecule has 0 amide bonds. The van der Waals surface area contributed by atoms with Crippen molar-refractivity contribution in [2.75, 3.05) is 18.4 Å². The number of benzene rings is 3. The highest BCUT2D eigenvalue weighted by molar-refractivity contribution is 6.32. The fourth-order valence-electron chi connectivity index (χ4n) is 4.56. The second-order valence-electron chi connectivity index (χ2n) is 10.6. The minimum atomic E-state index is -0.303. The first-order valence-corrected chi connectivity index (χ1v) is 15.0. The van der Waals surface area contributed by atoms with Crippen LogP contribution in [0.1, 0.15) is 57.1 Å². The number of carbonyl (C=O) groups is 1. The summed E-state index contributed by atoms with van der Waals surface area (Å²) in [6, 6.07) is 17.9. The molecular weight excluding hydrogens is 563 g/mol. The molecule has 0 saturated carbocycles. The molecule has 2 N–H and O–H groups in total. The van der Waals surface area contributed by atoms with E-state index in [-0.39, 0.29) is 12.4 Å². The van der Waals surface area contributed by atoms with Crippen LogP contribution in [0.2, 0.25) is 5.02 Å². The summed E-state index contributed by atoms with van der Waals surface area (Å²) in [7, 11) is 0. The van der Waals surface area contributed by atoms with Crippen LogP contribution in [0.3, 0.4) is 0 Å². The van der Waals surface area contributed by atoms with E-state index in [2.05, 4.69) is 58.7 Å². The quantitative estimate of drug-likeness (QED) is 0.0760. The second-order valence-corrected chi connectivity index (χ2v) is 11.0. The minimum Gasteiger partial charge on any atom is -0.487 e. The maximum atomic E-state index is 13.5. The van der Waals surface area contributed by atoms with Gasteiger partial charge in [-0.05, 0) is 92.4 Å². The van der Waals surface area contributed by atoms with Gasteiger partial charge in [0, 0.05) is 24.0 Å². The molecule has 1 aromatic heterocycles. The molecule has 43 heavy (non-hydrogen) atoms. The first-order chi connectivity index (χ1) is 20.9. The number of fused-ring (bicyclic) bond motifs is 1. The maximum Gasteiger partial charge on any atom is 0.141 e. The van der Waals surface area contributed by atoms with Crippen LogP contribution < -0.4 is 15.4 Å². The van der Waals surface area contributed by atoms with E-state index in [1.807, 2.05) is 12.1 Å². The number of ether oxygens (including phenoxy) is 1. The summed E-state index contributed by atoms with van der Waals surface area (Å²) < 4.78 is 19.3. The van der Waals surface area contributed by atoms with Crippen molar-refractivity contribution in [3.05, 3.63) is 107 Å². The van der Waals surface area contributed by atoms with Gasteiger partial charge in [-0.15, -0.1) is 0 Å². The van der Waals surface area contributed by atoms with Gasteiger partial charge in [-0.2, -0.15) is 0 Å². The number of allylic oxidation sites excluding steroid dienone is 3.